The molecule has 0 unspecified atom stereocenters. The summed E-state index contributed by atoms with van der Waals surface area (Å²) in [5.41, 5.74) is 4.64. The number of nitrogens with one attached hydrogen (secondary N) is 3. The number of nitrogens with two attached hydrogens (primary N) is 1. The van der Waals surface area contributed by atoms with Crippen molar-refractivity contribution in [2.75, 3.05) is 37.6 Å². The number of anilines is 1. The average molecular weight is 609 g/mol. The number of carboxylic acid groups (broad SMARTS) is 2. The molecule has 2 aliphatic heterocycles. The number of hydrogen-bond donors (Lipinski definition) is 6. The molecule has 0 saturated carbocycles. The van der Waals surface area contributed by atoms with Crippen LogP contribution in [-0.4, -0.2) is 86.1 Å². The van der Waals surface area contributed by atoms with Crippen molar-refractivity contribution in [3.8, 4) is 0 Å². The van der Waals surface area contributed by atoms with Gasteiger partial charge in [0.15, 0.2) is 17.6 Å². The SMILES string of the molecule is N[C@](CNC(=O)c1ccc(N2CCC(NC3=NCCCN3)CC2)c(F)c1F)(C(=O)O)S(=O)(=O)c1ccc(C(=O)O)cc1. The van der Waals surface area contributed by atoms with Gasteiger partial charge in [-0.25, -0.2) is 26.8 Å². The van der Waals surface area contributed by atoms with Gasteiger partial charge in [0, 0.05) is 32.2 Å². The fourth-order valence-corrected chi connectivity index (χ4v) is 6.03. The van der Waals surface area contributed by atoms with Gasteiger partial charge in [-0.2, -0.15) is 0 Å². The number of carbonyl (C=O) groups is 3. The molecular formula is C26H30F2N6O7S. The van der Waals surface area contributed by atoms with Gasteiger partial charge in [0.25, 0.3) is 5.91 Å². The molecule has 1 saturated heterocycles. The molecule has 4 rings (SSSR count). The first kappa shape index (κ1) is 30.6. The number of aromatic carboxylic acids is 1. The van der Waals surface area contributed by atoms with Crippen molar-refractivity contribution in [2.45, 2.75) is 35.1 Å². The fourth-order valence-electron chi connectivity index (χ4n) is 4.63. The molecule has 0 aromatic heterocycles. The van der Waals surface area contributed by atoms with Gasteiger partial charge in [-0.1, -0.05) is 0 Å². The van der Waals surface area contributed by atoms with Crippen LogP contribution in [0.15, 0.2) is 46.3 Å². The number of benzene rings is 2. The first-order chi connectivity index (χ1) is 19.8. The number of nitrogens with zero attached hydrogens (tertiary/aromatic N) is 2. The Labute approximate surface area is 239 Å². The zero-order chi connectivity index (χ0) is 30.7. The third-order valence-corrected chi connectivity index (χ3v) is 9.32. The summed E-state index contributed by atoms with van der Waals surface area (Å²) in [7, 11) is -4.89. The summed E-state index contributed by atoms with van der Waals surface area (Å²) < 4.78 is 56.2. The number of aliphatic carboxylic acids is 1. The van der Waals surface area contributed by atoms with Gasteiger partial charge >= 0.3 is 11.9 Å². The lowest BCUT2D eigenvalue weighted by atomic mass is 10.0. The van der Waals surface area contributed by atoms with Crippen molar-refractivity contribution in [2.24, 2.45) is 10.7 Å². The second-order valence-corrected chi connectivity index (χ2v) is 12.1. The minimum atomic E-state index is -4.89. The molecule has 0 spiro atoms. The summed E-state index contributed by atoms with van der Waals surface area (Å²) in [6.45, 7) is 1.18. The number of sulfone groups is 1. The molecule has 1 amide bonds. The van der Waals surface area contributed by atoms with Gasteiger partial charge in [0.2, 0.25) is 14.7 Å². The fraction of sp³-hybridized carbons (Fsp3) is 0.385. The van der Waals surface area contributed by atoms with Crippen LogP contribution in [0.5, 0.6) is 0 Å². The van der Waals surface area contributed by atoms with Crippen LogP contribution in [-0.2, 0) is 14.6 Å². The van der Waals surface area contributed by atoms with Crippen LogP contribution in [0.25, 0.3) is 0 Å². The van der Waals surface area contributed by atoms with Crippen LogP contribution in [0.1, 0.15) is 40.0 Å². The Hall–Kier alpha value is -4.31. The monoisotopic (exact) mass is 608 g/mol. The van der Waals surface area contributed by atoms with E-state index in [1.54, 1.807) is 4.90 Å². The quantitative estimate of drug-likeness (QED) is 0.232. The third kappa shape index (κ3) is 6.13. The van der Waals surface area contributed by atoms with E-state index in [9.17, 15) is 27.9 Å². The number of amides is 1. The molecule has 42 heavy (non-hydrogen) atoms. The molecule has 0 aliphatic carbocycles. The van der Waals surface area contributed by atoms with Gasteiger partial charge in [-0.15, -0.1) is 0 Å². The second-order valence-electron chi connectivity index (χ2n) is 9.89. The van der Waals surface area contributed by atoms with Crippen molar-refractivity contribution in [1.82, 2.24) is 16.0 Å². The molecule has 2 aliphatic rings. The highest BCUT2D eigenvalue weighted by Gasteiger charge is 2.49. The predicted octanol–water partition coefficient (Wildman–Crippen LogP) is 0.514. The summed E-state index contributed by atoms with van der Waals surface area (Å²) in [5.74, 6) is -6.70. The van der Waals surface area contributed by atoms with E-state index in [0.717, 1.165) is 55.8 Å². The van der Waals surface area contributed by atoms with Gasteiger partial charge in [0.1, 0.15) is 0 Å². The number of piperidine rings is 1. The zero-order valence-corrected chi connectivity index (χ0v) is 23.1. The number of halogens is 2. The number of guanidine groups is 1. The van der Waals surface area contributed by atoms with Crippen molar-refractivity contribution in [3.63, 3.8) is 0 Å². The first-order valence-corrected chi connectivity index (χ1v) is 14.5. The maximum absolute atomic E-state index is 15.1. The number of hydrogen-bond acceptors (Lipinski definition) is 10. The minimum absolute atomic E-state index is 0.0540. The van der Waals surface area contributed by atoms with Gasteiger partial charge in [-0.05, 0) is 55.7 Å². The molecule has 13 nitrogen and oxygen atoms in total. The third-order valence-electron chi connectivity index (χ3n) is 7.14. The molecule has 0 radical (unpaired) electrons. The number of carboxylic acids is 2. The van der Waals surface area contributed by atoms with E-state index in [4.69, 9.17) is 10.8 Å². The smallest absolute Gasteiger partial charge is 0.341 e. The molecule has 7 N–H and O–H groups in total. The Balaban J connectivity index is 1.44. The average Bonchev–Trinajstić information content (AvgIpc) is 2.98. The van der Waals surface area contributed by atoms with Crippen LogP contribution in [0.2, 0.25) is 0 Å². The highest BCUT2D eigenvalue weighted by Crippen LogP contribution is 2.28. The molecule has 226 valence electrons. The van der Waals surface area contributed by atoms with E-state index in [1.807, 2.05) is 5.32 Å². The number of aliphatic imine (C=N–C) groups is 1. The lowest BCUT2D eigenvalue weighted by Crippen LogP contribution is -2.61. The van der Waals surface area contributed by atoms with E-state index in [0.29, 0.717) is 25.9 Å². The zero-order valence-electron chi connectivity index (χ0n) is 22.3. The molecule has 16 heteroatoms. The van der Waals surface area contributed by atoms with Crippen molar-refractivity contribution < 1.29 is 41.8 Å². The van der Waals surface area contributed by atoms with E-state index >= 15 is 8.78 Å². The summed E-state index contributed by atoms with van der Waals surface area (Å²) in [6, 6.07) is 5.95. The lowest BCUT2D eigenvalue weighted by molar-refractivity contribution is -0.139. The molecule has 0 bridgehead atoms. The Bertz CT molecular complexity index is 1510. The van der Waals surface area contributed by atoms with E-state index in [1.165, 1.54) is 6.07 Å². The highest BCUT2D eigenvalue weighted by atomic mass is 32.2. The van der Waals surface area contributed by atoms with Crippen LogP contribution in [0.3, 0.4) is 0 Å². The summed E-state index contributed by atoms with van der Waals surface area (Å²) in [6.07, 6.45) is 2.22. The standard InChI is InChI=1S/C26H30F2N6O7S/c27-20-18(6-7-19(21(20)28)34-12-8-16(9-13-34)33-25-30-10-1-11-31-25)22(35)32-14-26(29,24(38)39)42(40,41)17-4-2-15(3-5-17)23(36)37/h2-7,16H,1,8-14,29H2,(H,32,35)(H,36,37)(H,38,39)(H2,30,31,33)/t26-/m0/s1. The Morgan fingerprint density at radius 1 is 1.07 bits per heavy atom. The molecule has 1 atom stereocenters. The topological polar surface area (TPSA) is 204 Å². The maximum Gasteiger partial charge on any atom is 0.341 e. The van der Waals surface area contributed by atoms with Crippen LogP contribution >= 0.6 is 0 Å². The minimum Gasteiger partial charge on any atom is -0.479 e. The van der Waals surface area contributed by atoms with Crippen molar-refractivity contribution in [3.05, 3.63) is 59.2 Å². The Morgan fingerprint density at radius 3 is 2.31 bits per heavy atom. The molecular weight excluding hydrogens is 578 g/mol. The first-order valence-electron chi connectivity index (χ1n) is 13.0. The van der Waals surface area contributed by atoms with Gasteiger partial charge in [0.05, 0.1) is 28.3 Å². The number of carbonyl (C=O) groups excluding carboxylic acids is 1. The highest BCUT2D eigenvalue weighted by molar-refractivity contribution is 7.93. The molecule has 2 heterocycles. The van der Waals surface area contributed by atoms with Crippen LogP contribution in [0, 0.1) is 11.6 Å². The van der Waals surface area contributed by atoms with Crippen molar-refractivity contribution >= 4 is 39.3 Å². The Morgan fingerprint density at radius 2 is 1.74 bits per heavy atom. The largest absolute Gasteiger partial charge is 0.479 e. The molecule has 2 aromatic carbocycles. The lowest BCUT2D eigenvalue weighted by Gasteiger charge is -2.35. The number of rotatable bonds is 9. The summed E-state index contributed by atoms with van der Waals surface area (Å²) in [5, 5.41) is 27.1. The van der Waals surface area contributed by atoms with Gasteiger partial charge in [-0.3, -0.25) is 9.79 Å². The predicted molar refractivity (Wildman–Crippen MR) is 147 cm³/mol. The van der Waals surface area contributed by atoms with E-state index < -0.39 is 61.2 Å². The van der Waals surface area contributed by atoms with E-state index in [-0.39, 0.29) is 17.3 Å². The van der Waals surface area contributed by atoms with Crippen LogP contribution < -0.4 is 26.6 Å². The molecule has 1 fully saturated rings. The Kier molecular flexibility index (Phi) is 8.96. The normalized spacial score (nSPS) is 17.4. The maximum atomic E-state index is 15.1. The summed E-state index contributed by atoms with van der Waals surface area (Å²) in [4.78, 5) is 38.0. The van der Waals surface area contributed by atoms with E-state index in [2.05, 4.69) is 15.6 Å². The van der Waals surface area contributed by atoms with Crippen molar-refractivity contribution in [1.29, 1.82) is 0 Å². The molecule has 2 aromatic rings. The summed E-state index contributed by atoms with van der Waals surface area (Å²) >= 11 is 0. The van der Waals surface area contributed by atoms with Crippen LogP contribution in [0.4, 0.5) is 14.5 Å². The van der Waals surface area contributed by atoms with Gasteiger partial charge < -0.3 is 36.8 Å². The second kappa shape index (κ2) is 12.3.